The van der Waals surface area contributed by atoms with Gasteiger partial charge in [0.15, 0.2) is 4.96 Å². The van der Waals surface area contributed by atoms with Crippen molar-refractivity contribution in [3.8, 4) is 17.0 Å². The zero-order valence-electron chi connectivity index (χ0n) is 15.1. The molecule has 0 saturated carbocycles. The van der Waals surface area contributed by atoms with Gasteiger partial charge in [-0.2, -0.15) is 0 Å². The number of hydrogen-bond donors (Lipinski definition) is 1. The van der Waals surface area contributed by atoms with Crippen molar-refractivity contribution in [2.45, 2.75) is 13.3 Å². The third-order valence-corrected chi connectivity index (χ3v) is 5.23. The Kier molecular flexibility index (Phi) is 4.64. The second kappa shape index (κ2) is 7.25. The lowest BCUT2D eigenvalue weighted by atomic mass is 10.2. The maximum Gasteiger partial charge on any atom is 0.230 e. The van der Waals surface area contributed by atoms with E-state index < -0.39 is 0 Å². The molecule has 0 unspecified atom stereocenters. The number of amides is 1. The van der Waals surface area contributed by atoms with Crippen LogP contribution in [0.2, 0.25) is 0 Å². The number of methoxy groups -OCH3 is 1. The molecule has 0 aliphatic rings. The fourth-order valence-corrected chi connectivity index (χ4v) is 3.74. The van der Waals surface area contributed by atoms with Gasteiger partial charge in [0.1, 0.15) is 5.75 Å². The van der Waals surface area contributed by atoms with Crippen LogP contribution >= 0.6 is 11.3 Å². The first-order chi connectivity index (χ1) is 13.1. The molecular weight excluding hydrogens is 358 g/mol. The molecule has 0 saturated heterocycles. The molecule has 1 amide bonds. The molecule has 0 fully saturated rings. The SMILES string of the molecule is COc1ccc(-c2cn3c(CC(=O)Nc4ccc(C)cc4)csc3n2)cc1. The van der Waals surface area contributed by atoms with E-state index in [1.807, 2.05) is 71.4 Å². The van der Waals surface area contributed by atoms with Gasteiger partial charge < -0.3 is 10.1 Å². The van der Waals surface area contributed by atoms with Crippen molar-refractivity contribution >= 4 is 27.9 Å². The van der Waals surface area contributed by atoms with Crippen LogP contribution in [0.15, 0.2) is 60.1 Å². The van der Waals surface area contributed by atoms with E-state index in [1.165, 1.54) is 11.3 Å². The van der Waals surface area contributed by atoms with E-state index >= 15 is 0 Å². The molecule has 2 aromatic carbocycles. The summed E-state index contributed by atoms with van der Waals surface area (Å²) in [6.45, 7) is 2.02. The number of carbonyl (C=O) groups is 1. The van der Waals surface area contributed by atoms with Gasteiger partial charge in [-0.15, -0.1) is 11.3 Å². The van der Waals surface area contributed by atoms with Crippen molar-refractivity contribution in [3.63, 3.8) is 0 Å². The summed E-state index contributed by atoms with van der Waals surface area (Å²) in [5.74, 6) is 0.770. The lowest BCUT2D eigenvalue weighted by Crippen LogP contribution is -2.15. The van der Waals surface area contributed by atoms with E-state index in [-0.39, 0.29) is 5.91 Å². The summed E-state index contributed by atoms with van der Waals surface area (Å²) in [4.78, 5) is 17.9. The van der Waals surface area contributed by atoms with Crippen LogP contribution in [0.25, 0.3) is 16.2 Å². The second-order valence-electron chi connectivity index (χ2n) is 6.33. The summed E-state index contributed by atoms with van der Waals surface area (Å²) in [5, 5.41) is 4.92. The minimum atomic E-state index is -0.0433. The number of thiazole rings is 1. The van der Waals surface area contributed by atoms with Crippen molar-refractivity contribution in [1.29, 1.82) is 0 Å². The average Bonchev–Trinajstić information content (AvgIpc) is 3.26. The van der Waals surface area contributed by atoms with E-state index in [9.17, 15) is 4.79 Å². The molecule has 136 valence electrons. The number of hydrogen-bond acceptors (Lipinski definition) is 4. The number of imidazole rings is 1. The van der Waals surface area contributed by atoms with Gasteiger partial charge in [0.05, 0.1) is 19.2 Å². The number of aryl methyl sites for hydroxylation is 1. The third kappa shape index (κ3) is 3.71. The smallest absolute Gasteiger partial charge is 0.230 e. The van der Waals surface area contributed by atoms with Crippen molar-refractivity contribution in [2.75, 3.05) is 12.4 Å². The molecule has 0 aliphatic carbocycles. The molecule has 0 bridgehead atoms. The number of nitrogens with one attached hydrogen (secondary N) is 1. The van der Waals surface area contributed by atoms with Gasteiger partial charge in [-0.05, 0) is 43.3 Å². The van der Waals surface area contributed by atoms with Crippen LogP contribution in [0.3, 0.4) is 0 Å². The van der Waals surface area contributed by atoms with Crippen LogP contribution < -0.4 is 10.1 Å². The molecule has 2 aromatic heterocycles. The molecule has 0 radical (unpaired) electrons. The first kappa shape index (κ1) is 17.3. The number of rotatable bonds is 5. The molecule has 2 heterocycles. The summed E-state index contributed by atoms with van der Waals surface area (Å²) >= 11 is 1.53. The van der Waals surface area contributed by atoms with Crippen molar-refractivity contribution in [3.05, 3.63) is 71.4 Å². The zero-order valence-corrected chi connectivity index (χ0v) is 15.9. The molecule has 5 nitrogen and oxygen atoms in total. The lowest BCUT2D eigenvalue weighted by Gasteiger charge is -2.05. The van der Waals surface area contributed by atoms with Crippen LogP contribution in [0.1, 0.15) is 11.3 Å². The number of benzene rings is 2. The van der Waals surface area contributed by atoms with Crippen molar-refractivity contribution in [2.24, 2.45) is 0 Å². The quantitative estimate of drug-likeness (QED) is 0.555. The van der Waals surface area contributed by atoms with Crippen molar-refractivity contribution < 1.29 is 9.53 Å². The highest BCUT2D eigenvalue weighted by atomic mass is 32.1. The standard InChI is InChI=1S/C21H19N3O2S/c1-14-3-7-16(8-4-14)22-20(25)11-17-13-27-21-23-19(12-24(17)21)15-5-9-18(26-2)10-6-15/h3-10,12-13H,11H2,1-2H3,(H,22,25). The first-order valence-corrected chi connectivity index (χ1v) is 9.47. The summed E-state index contributed by atoms with van der Waals surface area (Å²) in [7, 11) is 1.65. The number of fused-ring (bicyclic) bond motifs is 1. The van der Waals surface area contributed by atoms with Crippen molar-refractivity contribution in [1.82, 2.24) is 9.38 Å². The topological polar surface area (TPSA) is 55.6 Å². The molecule has 6 heteroatoms. The first-order valence-electron chi connectivity index (χ1n) is 8.59. The highest BCUT2D eigenvalue weighted by Gasteiger charge is 2.13. The van der Waals surface area contributed by atoms with Gasteiger partial charge in [-0.1, -0.05) is 17.7 Å². The Hall–Kier alpha value is -3.12. The zero-order chi connectivity index (χ0) is 18.8. The summed E-state index contributed by atoms with van der Waals surface area (Å²) < 4.78 is 7.18. The predicted molar refractivity (Wildman–Crippen MR) is 109 cm³/mol. The van der Waals surface area contributed by atoms with Crippen LogP contribution in [-0.4, -0.2) is 22.4 Å². The number of nitrogens with zero attached hydrogens (tertiary/aromatic N) is 2. The van der Waals surface area contributed by atoms with Crippen LogP contribution in [0.5, 0.6) is 5.75 Å². The minimum absolute atomic E-state index is 0.0433. The highest BCUT2D eigenvalue weighted by molar-refractivity contribution is 7.15. The Balaban J connectivity index is 1.53. The average molecular weight is 377 g/mol. The van der Waals surface area contributed by atoms with Gasteiger partial charge in [-0.3, -0.25) is 9.20 Å². The number of carbonyl (C=O) groups excluding carboxylic acids is 1. The van der Waals surface area contributed by atoms with Gasteiger partial charge in [-0.25, -0.2) is 4.98 Å². The monoisotopic (exact) mass is 377 g/mol. The maximum absolute atomic E-state index is 12.4. The largest absolute Gasteiger partial charge is 0.497 e. The Morgan fingerprint density at radius 1 is 1.15 bits per heavy atom. The van der Waals surface area contributed by atoms with Gasteiger partial charge in [0.25, 0.3) is 0 Å². The number of aromatic nitrogens is 2. The molecule has 0 atom stereocenters. The second-order valence-corrected chi connectivity index (χ2v) is 7.16. The number of ether oxygens (including phenoxy) is 1. The normalized spacial score (nSPS) is 10.9. The minimum Gasteiger partial charge on any atom is -0.497 e. The maximum atomic E-state index is 12.4. The molecule has 0 aliphatic heterocycles. The van der Waals surface area contributed by atoms with Crippen LogP contribution in [-0.2, 0) is 11.2 Å². The van der Waals surface area contributed by atoms with E-state index in [1.54, 1.807) is 7.11 Å². The molecular formula is C21H19N3O2S. The molecule has 4 rings (SSSR count). The molecule has 27 heavy (non-hydrogen) atoms. The third-order valence-electron chi connectivity index (χ3n) is 4.35. The summed E-state index contributed by atoms with van der Waals surface area (Å²) in [6.07, 6.45) is 2.27. The van der Waals surface area contributed by atoms with Gasteiger partial charge in [0.2, 0.25) is 5.91 Å². The molecule has 1 N–H and O–H groups in total. The fourth-order valence-electron chi connectivity index (χ4n) is 2.86. The van der Waals surface area contributed by atoms with Crippen LogP contribution in [0.4, 0.5) is 5.69 Å². The van der Waals surface area contributed by atoms with E-state index in [4.69, 9.17) is 4.74 Å². The summed E-state index contributed by atoms with van der Waals surface area (Å²) in [6, 6.07) is 15.6. The van der Waals surface area contributed by atoms with Gasteiger partial charge in [0, 0.05) is 28.5 Å². The summed E-state index contributed by atoms with van der Waals surface area (Å²) in [5.41, 5.74) is 4.79. The van der Waals surface area contributed by atoms with E-state index in [0.29, 0.717) is 6.42 Å². The van der Waals surface area contributed by atoms with E-state index in [0.717, 1.165) is 38.9 Å². The Bertz CT molecular complexity index is 1080. The predicted octanol–water partition coefficient (Wildman–Crippen LogP) is 4.56. The van der Waals surface area contributed by atoms with Crippen LogP contribution in [0, 0.1) is 6.92 Å². The Morgan fingerprint density at radius 3 is 2.59 bits per heavy atom. The highest BCUT2D eigenvalue weighted by Crippen LogP contribution is 2.25. The number of anilines is 1. The van der Waals surface area contributed by atoms with E-state index in [2.05, 4.69) is 10.3 Å². The van der Waals surface area contributed by atoms with Gasteiger partial charge >= 0.3 is 0 Å². The Labute approximate surface area is 161 Å². The lowest BCUT2D eigenvalue weighted by molar-refractivity contribution is -0.115. The Morgan fingerprint density at radius 2 is 1.89 bits per heavy atom. The molecule has 0 spiro atoms. The molecule has 4 aromatic rings. The fraction of sp³-hybridized carbons (Fsp3) is 0.143.